The van der Waals surface area contributed by atoms with E-state index in [-0.39, 0.29) is 35.2 Å². The first kappa shape index (κ1) is 21.5. The van der Waals surface area contributed by atoms with Crippen LogP contribution in [0.4, 0.5) is 13.2 Å². The minimum atomic E-state index is -4.54. The Hall–Kier alpha value is -2.20. The Bertz CT molecular complexity index is 771. The van der Waals surface area contributed by atoms with E-state index in [1.807, 2.05) is 11.8 Å². The van der Waals surface area contributed by atoms with E-state index in [1.54, 1.807) is 0 Å². The van der Waals surface area contributed by atoms with Crippen molar-refractivity contribution in [1.29, 1.82) is 0 Å². The van der Waals surface area contributed by atoms with Gasteiger partial charge in [0.25, 0.3) is 5.91 Å². The van der Waals surface area contributed by atoms with Crippen LogP contribution in [0.15, 0.2) is 12.1 Å². The summed E-state index contributed by atoms with van der Waals surface area (Å²) in [5, 5.41) is 2.89. The molecule has 3 rings (SSSR count). The third-order valence-corrected chi connectivity index (χ3v) is 5.57. The van der Waals surface area contributed by atoms with Gasteiger partial charge in [0.2, 0.25) is 5.91 Å². The molecule has 1 aromatic rings. The van der Waals surface area contributed by atoms with E-state index < -0.39 is 17.8 Å². The van der Waals surface area contributed by atoms with Crippen LogP contribution in [0.2, 0.25) is 0 Å². The second-order valence-corrected chi connectivity index (χ2v) is 7.67. The molecule has 2 fully saturated rings. The number of hydrogen-bond donors (Lipinski definition) is 3. The van der Waals surface area contributed by atoms with Gasteiger partial charge in [-0.1, -0.05) is 0 Å². The molecule has 1 aromatic heterocycles. The van der Waals surface area contributed by atoms with Crippen molar-refractivity contribution in [3.05, 3.63) is 29.1 Å². The van der Waals surface area contributed by atoms with Gasteiger partial charge in [-0.05, 0) is 45.2 Å². The summed E-state index contributed by atoms with van der Waals surface area (Å²) in [5.41, 5.74) is 5.20. The third kappa shape index (κ3) is 5.05. The summed E-state index contributed by atoms with van der Waals surface area (Å²) >= 11 is 0. The number of hydrazine groups is 1. The van der Waals surface area contributed by atoms with Crippen molar-refractivity contribution >= 4 is 11.8 Å². The van der Waals surface area contributed by atoms with E-state index >= 15 is 0 Å². The number of hydrogen-bond acceptors (Lipinski definition) is 5. The lowest BCUT2D eigenvalue weighted by molar-refractivity contribution is -0.141. The molecule has 10 heteroatoms. The molecule has 2 saturated heterocycles. The van der Waals surface area contributed by atoms with Gasteiger partial charge in [-0.15, -0.1) is 0 Å². The van der Waals surface area contributed by atoms with E-state index in [1.165, 1.54) is 6.92 Å². The fourth-order valence-corrected chi connectivity index (χ4v) is 3.83. The number of halogens is 3. The highest BCUT2D eigenvalue weighted by Crippen LogP contribution is 2.28. The van der Waals surface area contributed by atoms with Crippen molar-refractivity contribution in [2.24, 2.45) is 5.92 Å². The summed E-state index contributed by atoms with van der Waals surface area (Å²) in [4.78, 5) is 30.6. The molecular formula is C19H26F3N5O2. The normalized spacial score (nSPS) is 25.6. The number of alkyl halides is 3. The van der Waals surface area contributed by atoms with Gasteiger partial charge in [0.05, 0.1) is 17.2 Å². The molecule has 0 aliphatic carbocycles. The van der Waals surface area contributed by atoms with Crippen molar-refractivity contribution < 1.29 is 22.8 Å². The van der Waals surface area contributed by atoms with Gasteiger partial charge >= 0.3 is 6.18 Å². The highest BCUT2D eigenvalue weighted by atomic mass is 19.4. The summed E-state index contributed by atoms with van der Waals surface area (Å²) in [7, 11) is 0. The topological polar surface area (TPSA) is 86.4 Å². The third-order valence-electron chi connectivity index (χ3n) is 5.57. The van der Waals surface area contributed by atoms with Crippen LogP contribution in [-0.4, -0.2) is 53.4 Å². The predicted octanol–water partition coefficient (Wildman–Crippen LogP) is 1.63. The number of likely N-dealkylation sites (tertiary alicyclic amines) is 1. The number of carbonyl (C=O) groups is 2. The van der Waals surface area contributed by atoms with Crippen LogP contribution in [-0.2, 0) is 11.0 Å². The zero-order valence-electron chi connectivity index (χ0n) is 16.5. The Morgan fingerprint density at radius 1 is 1.24 bits per heavy atom. The molecule has 0 saturated carbocycles. The largest absolute Gasteiger partial charge is 0.433 e. The van der Waals surface area contributed by atoms with Gasteiger partial charge in [0.15, 0.2) is 0 Å². The number of rotatable bonds is 3. The second kappa shape index (κ2) is 8.66. The standard InChI is InChI=1S/C19H26F3N5O2/c1-11-14(5-6-16(24-11)19(20,21)22)17(28)25-13-4-3-8-27(9-7-13)18(29)15-10-23-26-12(15)2/h5-6,12-13,15,23,26H,3-4,7-10H2,1-2H3,(H,25,28). The van der Waals surface area contributed by atoms with Gasteiger partial charge in [-0.25, -0.2) is 4.98 Å². The molecule has 2 aliphatic heterocycles. The SMILES string of the molecule is Cc1nc(C(F)(F)F)ccc1C(=O)NC1CCCN(C(=O)C2CNNC2C)CC1. The Balaban J connectivity index is 1.58. The summed E-state index contributed by atoms with van der Waals surface area (Å²) in [6.07, 6.45) is -2.48. The monoisotopic (exact) mass is 413 g/mol. The number of aryl methyl sites for hydroxylation is 1. The average Bonchev–Trinajstić information content (AvgIpc) is 2.94. The summed E-state index contributed by atoms with van der Waals surface area (Å²) in [6, 6.07) is 1.91. The smallest absolute Gasteiger partial charge is 0.349 e. The van der Waals surface area contributed by atoms with Crippen molar-refractivity contribution in [2.75, 3.05) is 19.6 Å². The Labute approximate surface area is 167 Å². The van der Waals surface area contributed by atoms with E-state index in [4.69, 9.17) is 0 Å². The lowest BCUT2D eigenvalue weighted by Gasteiger charge is -2.25. The fraction of sp³-hybridized carbons (Fsp3) is 0.632. The zero-order valence-corrected chi connectivity index (χ0v) is 16.5. The van der Waals surface area contributed by atoms with Gasteiger partial charge < -0.3 is 10.2 Å². The fourth-order valence-electron chi connectivity index (χ4n) is 3.83. The molecule has 0 spiro atoms. The van der Waals surface area contributed by atoms with Crippen molar-refractivity contribution in [2.45, 2.75) is 51.4 Å². The second-order valence-electron chi connectivity index (χ2n) is 7.67. The van der Waals surface area contributed by atoms with Crippen LogP contribution < -0.4 is 16.2 Å². The first-order valence-corrected chi connectivity index (χ1v) is 9.79. The van der Waals surface area contributed by atoms with Crippen LogP contribution in [0.5, 0.6) is 0 Å². The molecule has 2 aliphatic rings. The maximum Gasteiger partial charge on any atom is 0.433 e. The van der Waals surface area contributed by atoms with Crippen LogP contribution in [0.3, 0.4) is 0 Å². The number of aromatic nitrogens is 1. The van der Waals surface area contributed by atoms with Crippen molar-refractivity contribution in [3.8, 4) is 0 Å². The summed E-state index contributed by atoms with van der Waals surface area (Å²) in [6.45, 7) is 5.12. The predicted molar refractivity (Wildman–Crippen MR) is 99.8 cm³/mol. The minimum Gasteiger partial charge on any atom is -0.349 e. The number of nitrogens with one attached hydrogen (secondary N) is 3. The van der Waals surface area contributed by atoms with E-state index in [0.717, 1.165) is 18.6 Å². The maximum absolute atomic E-state index is 12.8. The van der Waals surface area contributed by atoms with Gasteiger partial charge in [0.1, 0.15) is 5.69 Å². The Morgan fingerprint density at radius 2 is 2.00 bits per heavy atom. The quantitative estimate of drug-likeness (QED) is 0.701. The molecular weight excluding hydrogens is 387 g/mol. The summed E-state index contributed by atoms with van der Waals surface area (Å²) < 4.78 is 38.3. The molecule has 3 atom stereocenters. The lowest BCUT2D eigenvalue weighted by Crippen LogP contribution is -2.42. The van der Waals surface area contributed by atoms with Crippen molar-refractivity contribution in [1.82, 2.24) is 26.1 Å². The van der Waals surface area contributed by atoms with Crippen LogP contribution in [0.25, 0.3) is 0 Å². The van der Waals surface area contributed by atoms with E-state index in [2.05, 4.69) is 21.2 Å². The maximum atomic E-state index is 12.8. The lowest BCUT2D eigenvalue weighted by atomic mass is 10.0. The van der Waals surface area contributed by atoms with Crippen LogP contribution in [0.1, 0.15) is 47.9 Å². The summed E-state index contributed by atoms with van der Waals surface area (Å²) in [5.74, 6) is -0.446. The molecule has 3 N–H and O–H groups in total. The molecule has 0 radical (unpaired) electrons. The molecule has 2 amide bonds. The van der Waals surface area contributed by atoms with Crippen LogP contribution in [0, 0.1) is 12.8 Å². The zero-order chi connectivity index (χ0) is 21.2. The van der Waals surface area contributed by atoms with Gasteiger partial charge in [-0.3, -0.25) is 20.4 Å². The molecule has 0 bridgehead atoms. The Kier molecular flexibility index (Phi) is 6.42. The molecule has 29 heavy (non-hydrogen) atoms. The molecule has 160 valence electrons. The highest BCUT2D eigenvalue weighted by Gasteiger charge is 2.35. The number of carbonyl (C=O) groups excluding carboxylic acids is 2. The highest BCUT2D eigenvalue weighted by molar-refractivity contribution is 5.95. The number of amides is 2. The molecule has 3 heterocycles. The Morgan fingerprint density at radius 3 is 2.62 bits per heavy atom. The first-order valence-electron chi connectivity index (χ1n) is 9.79. The van der Waals surface area contributed by atoms with Gasteiger partial charge in [0, 0.05) is 31.7 Å². The molecule has 3 unspecified atom stereocenters. The molecule has 7 nitrogen and oxygen atoms in total. The number of nitrogens with zero attached hydrogens (tertiary/aromatic N) is 2. The first-order chi connectivity index (χ1) is 13.7. The van der Waals surface area contributed by atoms with E-state index in [9.17, 15) is 22.8 Å². The van der Waals surface area contributed by atoms with Gasteiger partial charge in [-0.2, -0.15) is 13.2 Å². The van der Waals surface area contributed by atoms with Crippen LogP contribution >= 0.6 is 0 Å². The van der Waals surface area contributed by atoms with Crippen molar-refractivity contribution in [3.63, 3.8) is 0 Å². The van der Waals surface area contributed by atoms with E-state index in [0.29, 0.717) is 32.5 Å². The minimum absolute atomic E-state index is 0.0398. The molecule has 0 aromatic carbocycles. The average molecular weight is 413 g/mol. The number of pyridine rings is 1.